The van der Waals surface area contributed by atoms with Crippen LogP contribution >= 0.6 is 0 Å². The highest BCUT2D eigenvalue weighted by Gasteiger charge is 2.10. The fourth-order valence-electron chi connectivity index (χ4n) is 1.65. The lowest BCUT2D eigenvalue weighted by Crippen LogP contribution is -2.02. The standard InChI is InChI=1S/C14H14F2N2O/c1-2-19-14-8-13(11(17)7-10(14)16)18-12-6-4-3-5-9(12)15/h3-8,18H,2,17H2,1H3. The minimum absolute atomic E-state index is 0.0792. The monoisotopic (exact) mass is 264 g/mol. The average molecular weight is 264 g/mol. The zero-order chi connectivity index (χ0) is 13.8. The van der Waals surface area contributed by atoms with Crippen molar-refractivity contribution in [2.45, 2.75) is 6.92 Å². The van der Waals surface area contributed by atoms with Crippen molar-refractivity contribution in [2.75, 3.05) is 17.7 Å². The predicted octanol–water partition coefficient (Wildman–Crippen LogP) is 3.69. The molecule has 0 radical (unpaired) electrons. The number of nitrogens with one attached hydrogen (secondary N) is 1. The Kier molecular flexibility index (Phi) is 3.85. The van der Waals surface area contributed by atoms with Crippen molar-refractivity contribution in [1.29, 1.82) is 0 Å². The Labute approximate surface area is 110 Å². The largest absolute Gasteiger partial charge is 0.491 e. The molecule has 19 heavy (non-hydrogen) atoms. The van der Waals surface area contributed by atoms with E-state index in [9.17, 15) is 8.78 Å². The molecule has 0 bridgehead atoms. The Morgan fingerprint density at radius 1 is 1.11 bits per heavy atom. The molecule has 0 saturated carbocycles. The van der Waals surface area contributed by atoms with E-state index in [1.54, 1.807) is 25.1 Å². The Hall–Kier alpha value is -2.30. The third-order valence-corrected chi connectivity index (χ3v) is 2.55. The number of anilines is 3. The first-order valence-corrected chi connectivity index (χ1v) is 5.85. The van der Waals surface area contributed by atoms with E-state index in [1.807, 2.05) is 0 Å². The van der Waals surface area contributed by atoms with Gasteiger partial charge in [-0.05, 0) is 19.1 Å². The molecule has 2 rings (SSSR count). The minimum atomic E-state index is -0.543. The van der Waals surface area contributed by atoms with E-state index in [0.717, 1.165) is 6.07 Å². The Bertz CT molecular complexity index is 588. The zero-order valence-electron chi connectivity index (χ0n) is 10.4. The second-order valence-corrected chi connectivity index (χ2v) is 3.91. The SMILES string of the molecule is CCOc1cc(Nc2ccccc2F)c(N)cc1F. The second kappa shape index (κ2) is 5.56. The first-order valence-electron chi connectivity index (χ1n) is 5.85. The first kappa shape index (κ1) is 13.1. The molecule has 3 N–H and O–H groups in total. The van der Waals surface area contributed by atoms with Crippen LogP contribution in [-0.2, 0) is 0 Å². The molecule has 3 nitrogen and oxygen atoms in total. The fourth-order valence-corrected chi connectivity index (χ4v) is 1.65. The maximum Gasteiger partial charge on any atom is 0.167 e. The van der Waals surface area contributed by atoms with E-state index in [4.69, 9.17) is 10.5 Å². The molecule has 100 valence electrons. The van der Waals surface area contributed by atoms with Crippen LogP contribution in [0.2, 0.25) is 0 Å². The molecule has 0 aliphatic rings. The van der Waals surface area contributed by atoms with Gasteiger partial charge in [-0.3, -0.25) is 0 Å². The van der Waals surface area contributed by atoms with Crippen LogP contribution in [0.3, 0.4) is 0 Å². The molecule has 0 aliphatic heterocycles. The van der Waals surface area contributed by atoms with Gasteiger partial charge in [-0.15, -0.1) is 0 Å². The maximum atomic E-state index is 13.5. The number of nitrogen functional groups attached to an aromatic ring is 1. The summed E-state index contributed by atoms with van der Waals surface area (Å²) in [6.07, 6.45) is 0. The van der Waals surface area contributed by atoms with Gasteiger partial charge in [0.1, 0.15) is 5.82 Å². The van der Waals surface area contributed by atoms with Gasteiger partial charge in [0.25, 0.3) is 0 Å². The van der Waals surface area contributed by atoms with Crippen LogP contribution in [0, 0.1) is 11.6 Å². The Balaban J connectivity index is 2.34. The summed E-state index contributed by atoms with van der Waals surface area (Å²) in [6.45, 7) is 2.08. The van der Waals surface area contributed by atoms with Crippen molar-refractivity contribution >= 4 is 17.1 Å². The number of halogens is 2. The highest BCUT2D eigenvalue weighted by Crippen LogP contribution is 2.31. The van der Waals surface area contributed by atoms with Crippen molar-refractivity contribution in [3.63, 3.8) is 0 Å². The minimum Gasteiger partial charge on any atom is -0.491 e. The third-order valence-electron chi connectivity index (χ3n) is 2.55. The van der Waals surface area contributed by atoms with Gasteiger partial charge in [-0.2, -0.15) is 0 Å². The second-order valence-electron chi connectivity index (χ2n) is 3.91. The number of hydrogen-bond acceptors (Lipinski definition) is 3. The van der Waals surface area contributed by atoms with Gasteiger partial charge in [-0.1, -0.05) is 12.1 Å². The summed E-state index contributed by atoms with van der Waals surface area (Å²) in [5.74, 6) is -0.877. The van der Waals surface area contributed by atoms with E-state index in [2.05, 4.69) is 5.32 Å². The molecule has 0 aromatic heterocycles. The summed E-state index contributed by atoms with van der Waals surface area (Å²) in [7, 11) is 0. The smallest absolute Gasteiger partial charge is 0.167 e. The van der Waals surface area contributed by atoms with Gasteiger partial charge in [0.15, 0.2) is 11.6 Å². The molecule has 0 saturated heterocycles. The molecule has 0 heterocycles. The van der Waals surface area contributed by atoms with Crippen LogP contribution in [0.1, 0.15) is 6.92 Å². The molecular weight excluding hydrogens is 250 g/mol. The van der Waals surface area contributed by atoms with E-state index in [1.165, 1.54) is 12.1 Å². The summed E-state index contributed by atoms with van der Waals surface area (Å²) in [5.41, 5.74) is 6.55. The Morgan fingerprint density at radius 2 is 1.84 bits per heavy atom. The Morgan fingerprint density at radius 3 is 2.53 bits per heavy atom. The van der Waals surface area contributed by atoms with E-state index < -0.39 is 11.6 Å². The summed E-state index contributed by atoms with van der Waals surface area (Å²) in [5, 5.41) is 2.82. The molecule has 0 unspecified atom stereocenters. The highest BCUT2D eigenvalue weighted by molar-refractivity contribution is 5.74. The lowest BCUT2D eigenvalue weighted by atomic mass is 10.2. The number of hydrogen-bond donors (Lipinski definition) is 2. The normalized spacial score (nSPS) is 10.3. The highest BCUT2D eigenvalue weighted by atomic mass is 19.1. The number of rotatable bonds is 4. The van der Waals surface area contributed by atoms with Gasteiger partial charge < -0.3 is 15.8 Å². The van der Waals surface area contributed by atoms with Crippen molar-refractivity contribution < 1.29 is 13.5 Å². The van der Waals surface area contributed by atoms with Crippen molar-refractivity contribution in [3.05, 3.63) is 48.0 Å². The van der Waals surface area contributed by atoms with Gasteiger partial charge in [0, 0.05) is 12.1 Å². The average Bonchev–Trinajstić information content (AvgIpc) is 2.38. The van der Waals surface area contributed by atoms with Crippen LogP contribution in [0.4, 0.5) is 25.8 Å². The zero-order valence-corrected chi connectivity index (χ0v) is 10.4. The van der Waals surface area contributed by atoms with Gasteiger partial charge in [0.2, 0.25) is 0 Å². The molecule has 0 atom stereocenters. The quantitative estimate of drug-likeness (QED) is 0.828. The molecule has 2 aromatic carbocycles. The summed E-state index contributed by atoms with van der Waals surface area (Å²) in [6, 6.07) is 8.73. The van der Waals surface area contributed by atoms with Crippen molar-refractivity contribution in [2.24, 2.45) is 0 Å². The van der Waals surface area contributed by atoms with Crippen LogP contribution < -0.4 is 15.8 Å². The van der Waals surface area contributed by atoms with E-state index >= 15 is 0 Å². The van der Waals surface area contributed by atoms with Gasteiger partial charge >= 0.3 is 0 Å². The van der Waals surface area contributed by atoms with Gasteiger partial charge in [0.05, 0.1) is 23.7 Å². The number of ether oxygens (including phenoxy) is 1. The van der Waals surface area contributed by atoms with E-state index in [0.29, 0.717) is 12.3 Å². The number of nitrogens with two attached hydrogens (primary N) is 1. The number of para-hydroxylation sites is 1. The maximum absolute atomic E-state index is 13.5. The molecule has 5 heteroatoms. The third kappa shape index (κ3) is 2.93. The molecule has 0 amide bonds. The van der Waals surface area contributed by atoms with Crippen molar-refractivity contribution in [1.82, 2.24) is 0 Å². The predicted molar refractivity (Wildman–Crippen MR) is 71.7 cm³/mol. The van der Waals surface area contributed by atoms with Gasteiger partial charge in [-0.25, -0.2) is 8.78 Å². The molecule has 0 aliphatic carbocycles. The van der Waals surface area contributed by atoms with Crippen LogP contribution in [0.15, 0.2) is 36.4 Å². The number of benzene rings is 2. The summed E-state index contributed by atoms with van der Waals surface area (Å²) in [4.78, 5) is 0. The lowest BCUT2D eigenvalue weighted by molar-refractivity contribution is 0.322. The molecule has 0 spiro atoms. The molecule has 2 aromatic rings. The van der Waals surface area contributed by atoms with Crippen molar-refractivity contribution in [3.8, 4) is 5.75 Å². The van der Waals surface area contributed by atoms with Crippen LogP contribution in [0.25, 0.3) is 0 Å². The fraction of sp³-hybridized carbons (Fsp3) is 0.143. The molecular formula is C14H14F2N2O. The van der Waals surface area contributed by atoms with Crippen LogP contribution in [0.5, 0.6) is 5.75 Å². The van der Waals surface area contributed by atoms with Crippen LogP contribution in [-0.4, -0.2) is 6.61 Å². The van der Waals surface area contributed by atoms with E-state index in [-0.39, 0.29) is 17.1 Å². The molecule has 0 fully saturated rings. The summed E-state index contributed by atoms with van der Waals surface area (Å²) >= 11 is 0. The summed E-state index contributed by atoms with van der Waals surface area (Å²) < 4.78 is 32.2. The lowest BCUT2D eigenvalue weighted by Gasteiger charge is -2.13. The first-order chi connectivity index (χ1) is 9.11. The topological polar surface area (TPSA) is 47.3 Å².